The van der Waals surface area contributed by atoms with E-state index in [1.54, 1.807) is 5.48 Å². The minimum Gasteiger partial charge on any atom is -0.392 e. The smallest absolute Gasteiger partial charge is 0.243 e. The van der Waals surface area contributed by atoms with E-state index in [0.717, 1.165) is 52.9 Å². The number of hydroxylamine groups is 1. The van der Waals surface area contributed by atoms with Crippen molar-refractivity contribution in [1.82, 2.24) is 15.7 Å². The summed E-state index contributed by atoms with van der Waals surface area (Å²) in [7, 11) is 2.05. The maximum Gasteiger partial charge on any atom is 0.243 e. The van der Waals surface area contributed by atoms with E-state index in [4.69, 9.17) is 14.7 Å². The van der Waals surface area contributed by atoms with Gasteiger partial charge in [-0.15, -0.1) is 6.58 Å². The van der Waals surface area contributed by atoms with Crippen LogP contribution in [-0.4, -0.2) is 53.3 Å². The zero-order valence-corrected chi connectivity index (χ0v) is 26.0. The first kappa shape index (κ1) is 34.0. The number of ether oxygens (including phenoxy) is 2. The second-order valence-corrected chi connectivity index (χ2v) is 11.6. The second kappa shape index (κ2) is 17.6. The summed E-state index contributed by atoms with van der Waals surface area (Å²) in [5.74, 6) is -0.441. The third-order valence-electron chi connectivity index (χ3n) is 7.91. The van der Waals surface area contributed by atoms with Gasteiger partial charge in [0, 0.05) is 44.5 Å². The average Bonchev–Trinajstić information content (AvgIpc) is 3.07. The number of unbranched alkanes of at least 4 members (excludes halogenated alkanes) is 2. The number of nitrogens with zero attached hydrogens (tertiary/aromatic N) is 1. The topological polar surface area (TPSA) is 120 Å². The lowest BCUT2D eigenvalue weighted by atomic mass is 9.98. The molecule has 45 heavy (non-hydrogen) atoms. The molecule has 4 N–H and O–H groups in total. The molecule has 0 saturated carbocycles. The highest BCUT2D eigenvalue weighted by molar-refractivity contribution is 5.76. The van der Waals surface area contributed by atoms with E-state index in [1.807, 2.05) is 60.7 Å². The van der Waals surface area contributed by atoms with Crippen molar-refractivity contribution >= 4 is 11.8 Å². The number of likely N-dealkylation sites (N-methyl/N-ethyl adjacent to an activating group) is 1. The van der Waals surface area contributed by atoms with Gasteiger partial charge >= 0.3 is 0 Å². The van der Waals surface area contributed by atoms with Gasteiger partial charge in [-0.2, -0.15) is 0 Å². The third kappa shape index (κ3) is 10.6. The van der Waals surface area contributed by atoms with Gasteiger partial charge in [-0.05, 0) is 59.8 Å². The minimum absolute atomic E-state index is 0.00191. The first-order valence-corrected chi connectivity index (χ1v) is 15.6. The quantitative estimate of drug-likeness (QED) is 0.0719. The molecule has 3 atom stereocenters. The normalized spacial score (nSPS) is 18.0. The van der Waals surface area contributed by atoms with Gasteiger partial charge in [0.15, 0.2) is 6.29 Å². The molecule has 0 radical (unpaired) electrons. The van der Waals surface area contributed by atoms with Crippen LogP contribution in [0.25, 0.3) is 11.1 Å². The van der Waals surface area contributed by atoms with E-state index in [0.29, 0.717) is 32.2 Å². The summed E-state index contributed by atoms with van der Waals surface area (Å²) < 4.78 is 13.1. The summed E-state index contributed by atoms with van der Waals surface area (Å²) >= 11 is 0. The van der Waals surface area contributed by atoms with E-state index in [9.17, 15) is 14.7 Å². The summed E-state index contributed by atoms with van der Waals surface area (Å²) in [4.78, 5) is 25.6. The highest BCUT2D eigenvalue weighted by Crippen LogP contribution is 2.39. The van der Waals surface area contributed by atoms with Gasteiger partial charge in [0.05, 0.1) is 18.8 Å². The van der Waals surface area contributed by atoms with E-state index >= 15 is 0 Å². The van der Waals surface area contributed by atoms with Crippen molar-refractivity contribution in [2.45, 2.75) is 70.2 Å². The first-order chi connectivity index (χ1) is 21.9. The van der Waals surface area contributed by atoms with Crippen LogP contribution in [0.15, 0.2) is 85.5 Å². The van der Waals surface area contributed by atoms with Crippen LogP contribution in [0.5, 0.6) is 0 Å². The van der Waals surface area contributed by atoms with Crippen molar-refractivity contribution in [3.05, 3.63) is 108 Å². The van der Waals surface area contributed by atoms with E-state index in [-0.39, 0.29) is 31.1 Å². The van der Waals surface area contributed by atoms with E-state index < -0.39 is 12.2 Å². The second-order valence-electron chi connectivity index (χ2n) is 11.6. The van der Waals surface area contributed by atoms with Crippen LogP contribution in [0.2, 0.25) is 0 Å². The lowest BCUT2D eigenvalue weighted by Crippen LogP contribution is -2.37. The van der Waals surface area contributed by atoms with Gasteiger partial charge in [0.25, 0.3) is 0 Å². The van der Waals surface area contributed by atoms with Crippen LogP contribution >= 0.6 is 0 Å². The molecule has 0 aliphatic carbocycles. The number of aliphatic hydroxyl groups excluding tert-OH is 1. The molecule has 2 amide bonds. The Balaban J connectivity index is 1.42. The molecule has 4 rings (SSSR count). The van der Waals surface area contributed by atoms with E-state index in [2.05, 4.69) is 42.0 Å². The van der Waals surface area contributed by atoms with Crippen molar-refractivity contribution in [2.24, 2.45) is 0 Å². The predicted octanol–water partition coefficient (Wildman–Crippen LogP) is 5.58. The van der Waals surface area contributed by atoms with Gasteiger partial charge < -0.3 is 24.8 Å². The van der Waals surface area contributed by atoms with Crippen molar-refractivity contribution < 1.29 is 29.4 Å². The lowest BCUT2D eigenvalue weighted by molar-refractivity contribution is -0.252. The number of carbonyl (C=O) groups excluding carboxylic acids is 2. The number of benzene rings is 3. The number of hydrogen-bond donors (Lipinski definition) is 4. The van der Waals surface area contributed by atoms with Crippen LogP contribution in [0.3, 0.4) is 0 Å². The Kier molecular flexibility index (Phi) is 13.3. The fraction of sp³-hybridized carbons (Fsp3) is 0.389. The maximum atomic E-state index is 12.4. The minimum atomic E-state index is -0.552. The Labute approximate surface area is 265 Å². The molecule has 0 aromatic heterocycles. The Hall–Kier alpha value is -3.86. The Bertz CT molecular complexity index is 1400. The molecule has 3 aromatic rings. The molecule has 1 heterocycles. The highest BCUT2D eigenvalue weighted by Gasteiger charge is 2.32. The van der Waals surface area contributed by atoms with Crippen LogP contribution in [-0.2, 0) is 32.2 Å². The zero-order valence-electron chi connectivity index (χ0n) is 26.0. The van der Waals surface area contributed by atoms with Gasteiger partial charge in [0.1, 0.15) is 0 Å². The molecule has 240 valence electrons. The summed E-state index contributed by atoms with van der Waals surface area (Å²) in [6.45, 7) is 5.79. The Morgan fingerprint density at radius 2 is 1.62 bits per heavy atom. The molecule has 1 aliphatic rings. The Morgan fingerprint density at radius 1 is 0.911 bits per heavy atom. The molecule has 1 aliphatic heterocycles. The molecule has 0 unspecified atom stereocenters. The molecule has 3 aromatic carbocycles. The summed E-state index contributed by atoms with van der Waals surface area (Å²) in [5.41, 5.74) is 7.51. The first-order valence-electron chi connectivity index (χ1n) is 15.6. The number of carbonyl (C=O) groups is 2. The fourth-order valence-corrected chi connectivity index (χ4v) is 5.49. The number of aliphatic hydroxyl groups is 1. The Morgan fingerprint density at radius 3 is 2.33 bits per heavy atom. The van der Waals surface area contributed by atoms with Crippen LogP contribution < -0.4 is 10.8 Å². The predicted molar refractivity (Wildman–Crippen MR) is 173 cm³/mol. The number of rotatable bonds is 16. The van der Waals surface area contributed by atoms with Gasteiger partial charge in [-0.25, -0.2) is 5.48 Å². The lowest BCUT2D eigenvalue weighted by Gasteiger charge is -2.37. The largest absolute Gasteiger partial charge is 0.392 e. The number of nitrogens with one attached hydrogen (secondary N) is 2. The van der Waals surface area contributed by atoms with Crippen LogP contribution in [0, 0.1) is 0 Å². The zero-order chi connectivity index (χ0) is 32.0. The van der Waals surface area contributed by atoms with Crippen LogP contribution in [0.4, 0.5) is 0 Å². The van der Waals surface area contributed by atoms with Crippen molar-refractivity contribution in [3.63, 3.8) is 0 Å². The summed E-state index contributed by atoms with van der Waals surface area (Å²) in [6.07, 6.45) is 4.53. The monoisotopic (exact) mass is 615 g/mol. The molecule has 1 fully saturated rings. The van der Waals surface area contributed by atoms with Crippen molar-refractivity contribution in [2.75, 3.05) is 20.1 Å². The summed E-state index contributed by atoms with van der Waals surface area (Å²) in [5, 5.41) is 21.0. The third-order valence-corrected chi connectivity index (χ3v) is 7.91. The van der Waals surface area contributed by atoms with Crippen molar-refractivity contribution in [1.29, 1.82) is 0 Å². The summed E-state index contributed by atoms with van der Waals surface area (Å²) in [6, 6.07) is 24.2. The molecule has 9 heteroatoms. The van der Waals surface area contributed by atoms with Crippen LogP contribution in [0.1, 0.15) is 73.2 Å². The average molecular weight is 616 g/mol. The molecular formula is C36H45N3O6. The number of hydrogen-bond acceptors (Lipinski definition) is 7. The molecule has 9 nitrogen and oxygen atoms in total. The maximum absolute atomic E-state index is 12.4. The number of amides is 2. The highest BCUT2D eigenvalue weighted by atomic mass is 16.7. The standard InChI is InChI=1S/C36H45N3O6/c1-3-19-39(2)24-32-22-33(28-17-15-26(25-40)16-18-28)45-36(44-32)31-12-8-11-30(21-31)29-10-7-9-27(20-29)23-37-34(41)13-5-4-6-14-35(42)38-43/h3,7-12,15-18,20-21,32-33,36,40,43H,1,4-6,13-14,19,22-25H2,2H3,(H,37,41)(H,38,42)/t32-,33+,36+/m0/s1. The van der Waals surface area contributed by atoms with Gasteiger partial charge in [-0.3, -0.25) is 14.8 Å². The van der Waals surface area contributed by atoms with Crippen molar-refractivity contribution in [3.8, 4) is 11.1 Å². The van der Waals surface area contributed by atoms with Gasteiger partial charge in [0.2, 0.25) is 11.8 Å². The van der Waals surface area contributed by atoms with Gasteiger partial charge in [-0.1, -0.05) is 73.2 Å². The van der Waals surface area contributed by atoms with E-state index in [1.165, 1.54) is 0 Å². The molecule has 1 saturated heterocycles. The fourth-order valence-electron chi connectivity index (χ4n) is 5.49. The molecule has 0 bridgehead atoms. The SMILES string of the molecule is C=CCN(C)C[C@@H]1C[C@H](c2ccc(CO)cc2)O[C@H](c2cccc(-c3cccc(CNC(=O)CCCCCC(=O)NO)c3)c2)O1. The molecular weight excluding hydrogens is 570 g/mol. The molecule has 0 spiro atoms.